The second-order valence-corrected chi connectivity index (χ2v) is 4.46. The van der Waals surface area contributed by atoms with Crippen LogP contribution in [-0.2, 0) is 13.6 Å². The third-order valence-electron chi connectivity index (χ3n) is 3.18. The van der Waals surface area contributed by atoms with Crippen LogP contribution in [0.25, 0.3) is 0 Å². The minimum Gasteiger partial charge on any atom is -0.337 e. The second kappa shape index (κ2) is 4.77. The van der Waals surface area contributed by atoms with Gasteiger partial charge in [0.25, 0.3) is 0 Å². The van der Waals surface area contributed by atoms with Crippen molar-refractivity contribution in [1.82, 2.24) is 14.9 Å². The predicted molar refractivity (Wildman–Crippen MR) is 60.3 cm³/mol. The zero-order valence-electron chi connectivity index (χ0n) is 9.32. The number of nitrogens with zero attached hydrogens (tertiary/aromatic N) is 2. The lowest BCUT2D eigenvalue weighted by Gasteiger charge is -2.27. The van der Waals surface area contributed by atoms with E-state index < -0.39 is 0 Å². The van der Waals surface area contributed by atoms with E-state index >= 15 is 0 Å². The number of hydrogen-bond donors (Lipinski definition) is 2. The topological polar surface area (TPSA) is 55.9 Å². The molecule has 2 atom stereocenters. The van der Waals surface area contributed by atoms with Crippen molar-refractivity contribution in [3.8, 4) is 0 Å². The van der Waals surface area contributed by atoms with Crippen molar-refractivity contribution in [3.63, 3.8) is 0 Å². The molecular formula is C11H20N4. The van der Waals surface area contributed by atoms with Crippen LogP contribution < -0.4 is 11.1 Å². The number of imidazole rings is 1. The summed E-state index contributed by atoms with van der Waals surface area (Å²) in [4.78, 5) is 4.29. The summed E-state index contributed by atoms with van der Waals surface area (Å²) < 4.78 is 2.05. The Labute approximate surface area is 90.9 Å². The molecule has 1 aliphatic rings. The van der Waals surface area contributed by atoms with Crippen LogP contribution in [0.3, 0.4) is 0 Å². The number of aryl methyl sites for hydroxylation is 1. The Morgan fingerprint density at radius 2 is 2.47 bits per heavy atom. The number of aromatic nitrogens is 2. The Balaban J connectivity index is 1.80. The summed E-state index contributed by atoms with van der Waals surface area (Å²) >= 11 is 0. The van der Waals surface area contributed by atoms with Gasteiger partial charge in [-0.15, -0.1) is 0 Å². The first-order valence-electron chi connectivity index (χ1n) is 5.71. The van der Waals surface area contributed by atoms with Crippen LogP contribution >= 0.6 is 0 Å². The molecule has 84 valence electrons. The molecule has 1 aromatic rings. The Morgan fingerprint density at radius 1 is 1.60 bits per heavy atom. The molecule has 0 saturated heterocycles. The molecule has 15 heavy (non-hydrogen) atoms. The van der Waals surface area contributed by atoms with Crippen molar-refractivity contribution in [2.24, 2.45) is 12.8 Å². The van der Waals surface area contributed by atoms with E-state index in [0.29, 0.717) is 12.1 Å². The lowest BCUT2D eigenvalue weighted by Crippen LogP contribution is -2.39. The number of hydrogen-bond acceptors (Lipinski definition) is 3. The zero-order chi connectivity index (χ0) is 10.7. The monoisotopic (exact) mass is 208 g/mol. The van der Waals surface area contributed by atoms with E-state index in [1.807, 2.05) is 19.4 Å². The van der Waals surface area contributed by atoms with Gasteiger partial charge in [0, 0.05) is 31.5 Å². The molecular weight excluding hydrogens is 188 g/mol. The largest absolute Gasteiger partial charge is 0.337 e. The van der Waals surface area contributed by atoms with Crippen molar-refractivity contribution >= 4 is 0 Å². The first kappa shape index (κ1) is 10.6. The maximum atomic E-state index is 5.94. The zero-order valence-corrected chi connectivity index (χ0v) is 9.32. The standard InChI is InChI=1S/C11H20N4/c1-15-6-5-13-11(15)8-14-10-4-2-3-9(12)7-10/h5-6,9-10,14H,2-4,7-8,12H2,1H3. The lowest BCUT2D eigenvalue weighted by atomic mass is 9.92. The highest BCUT2D eigenvalue weighted by atomic mass is 15.1. The van der Waals surface area contributed by atoms with Crippen LogP contribution in [0.2, 0.25) is 0 Å². The van der Waals surface area contributed by atoms with E-state index in [1.54, 1.807) is 0 Å². The molecule has 0 aliphatic heterocycles. The highest BCUT2D eigenvalue weighted by Crippen LogP contribution is 2.17. The summed E-state index contributed by atoms with van der Waals surface area (Å²) in [7, 11) is 2.02. The van der Waals surface area contributed by atoms with Crippen LogP contribution in [0.1, 0.15) is 31.5 Å². The molecule has 1 aromatic heterocycles. The van der Waals surface area contributed by atoms with Gasteiger partial charge in [-0.3, -0.25) is 0 Å². The summed E-state index contributed by atoms with van der Waals surface area (Å²) in [5, 5.41) is 3.53. The van der Waals surface area contributed by atoms with Crippen molar-refractivity contribution in [2.45, 2.75) is 44.3 Å². The summed E-state index contributed by atoms with van der Waals surface area (Å²) in [6, 6.07) is 0.961. The van der Waals surface area contributed by atoms with E-state index in [0.717, 1.165) is 18.8 Å². The van der Waals surface area contributed by atoms with Crippen LogP contribution in [0, 0.1) is 0 Å². The van der Waals surface area contributed by atoms with E-state index in [9.17, 15) is 0 Å². The van der Waals surface area contributed by atoms with Crippen LogP contribution in [0.5, 0.6) is 0 Å². The van der Waals surface area contributed by atoms with Crippen molar-refractivity contribution in [1.29, 1.82) is 0 Å². The second-order valence-electron chi connectivity index (χ2n) is 4.46. The number of nitrogens with one attached hydrogen (secondary N) is 1. The van der Waals surface area contributed by atoms with Crippen LogP contribution in [0.15, 0.2) is 12.4 Å². The maximum Gasteiger partial charge on any atom is 0.122 e. The molecule has 0 bridgehead atoms. The molecule has 0 amide bonds. The van der Waals surface area contributed by atoms with E-state index in [-0.39, 0.29) is 0 Å². The Hall–Kier alpha value is -0.870. The molecule has 2 rings (SSSR count). The van der Waals surface area contributed by atoms with Gasteiger partial charge in [-0.1, -0.05) is 6.42 Å². The van der Waals surface area contributed by atoms with Gasteiger partial charge < -0.3 is 15.6 Å². The van der Waals surface area contributed by atoms with Gasteiger partial charge in [-0.2, -0.15) is 0 Å². The molecule has 1 heterocycles. The molecule has 0 aromatic carbocycles. The van der Waals surface area contributed by atoms with Gasteiger partial charge in [0.2, 0.25) is 0 Å². The third kappa shape index (κ3) is 2.79. The smallest absolute Gasteiger partial charge is 0.122 e. The molecule has 3 N–H and O–H groups in total. The quantitative estimate of drug-likeness (QED) is 0.772. The summed E-state index contributed by atoms with van der Waals surface area (Å²) in [6.45, 7) is 0.848. The van der Waals surface area contributed by atoms with Gasteiger partial charge in [-0.05, 0) is 19.3 Å². The van der Waals surface area contributed by atoms with Gasteiger partial charge in [0.05, 0.1) is 6.54 Å². The summed E-state index contributed by atoms with van der Waals surface area (Å²) in [6.07, 6.45) is 8.59. The third-order valence-corrected chi connectivity index (χ3v) is 3.18. The SMILES string of the molecule is Cn1ccnc1CNC1CCCC(N)C1. The van der Waals surface area contributed by atoms with Gasteiger partial charge in [0.1, 0.15) is 5.82 Å². The molecule has 4 heteroatoms. The fourth-order valence-corrected chi connectivity index (χ4v) is 2.22. The fraction of sp³-hybridized carbons (Fsp3) is 0.727. The Bertz CT molecular complexity index is 307. The molecule has 0 radical (unpaired) electrons. The average Bonchev–Trinajstić information content (AvgIpc) is 2.61. The highest BCUT2D eigenvalue weighted by Gasteiger charge is 2.18. The molecule has 1 fully saturated rings. The fourth-order valence-electron chi connectivity index (χ4n) is 2.22. The molecule has 4 nitrogen and oxygen atoms in total. The van der Waals surface area contributed by atoms with Gasteiger partial charge in [-0.25, -0.2) is 4.98 Å². The van der Waals surface area contributed by atoms with Crippen LogP contribution in [0.4, 0.5) is 0 Å². The molecule has 0 spiro atoms. The molecule has 1 aliphatic carbocycles. The maximum absolute atomic E-state index is 5.94. The van der Waals surface area contributed by atoms with Crippen molar-refractivity contribution < 1.29 is 0 Å². The highest BCUT2D eigenvalue weighted by molar-refractivity contribution is 4.91. The normalized spacial score (nSPS) is 26.8. The van der Waals surface area contributed by atoms with Crippen LogP contribution in [-0.4, -0.2) is 21.6 Å². The molecule has 2 unspecified atom stereocenters. The van der Waals surface area contributed by atoms with E-state index in [2.05, 4.69) is 14.9 Å². The lowest BCUT2D eigenvalue weighted by molar-refractivity contribution is 0.335. The van der Waals surface area contributed by atoms with Crippen molar-refractivity contribution in [2.75, 3.05) is 0 Å². The summed E-state index contributed by atoms with van der Waals surface area (Å²) in [5.41, 5.74) is 5.94. The minimum atomic E-state index is 0.387. The first-order valence-corrected chi connectivity index (χ1v) is 5.71. The van der Waals surface area contributed by atoms with Gasteiger partial charge >= 0.3 is 0 Å². The average molecular weight is 208 g/mol. The Kier molecular flexibility index (Phi) is 3.38. The first-order chi connectivity index (χ1) is 7.25. The Morgan fingerprint density at radius 3 is 3.13 bits per heavy atom. The predicted octanol–water partition coefficient (Wildman–Crippen LogP) is 0.780. The molecule has 1 saturated carbocycles. The number of nitrogens with two attached hydrogens (primary N) is 1. The van der Waals surface area contributed by atoms with E-state index in [4.69, 9.17) is 5.73 Å². The minimum absolute atomic E-state index is 0.387. The summed E-state index contributed by atoms with van der Waals surface area (Å²) in [5.74, 6) is 1.09. The van der Waals surface area contributed by atoms with Gasteiger partial charge in [0.15, 0.2) is 0 Å². The van der Waals surface area contributed by atoms with E-state index in [1.165, 1.54) is 19.3 Å². The van der Waals surface area contributed by atoms with Crippen molar-refractivity contribution in [3.05, 3.63) is 18.2 Å². The number of rotatable bonds is 3.